The highest BCUT2D eigenvalue weighted by molar-refractivity contribution is 7.96. The Morgan fingerprint density at radius 1 is 1.38 bits per heavy atom. The van der Waals surface area contributed by atoms with Crippen molar-refractivity contribution in [3.63, 3.8) is 0 Å². The van der Waals surface area contributed by atoms with E-state index in [1.807, 2.05) is 0 Å². The minimum absolute atomic E-state index is 0.327. The van der Waals surface area contributed by atoms with Gasteiger partial charge < -0.3 is 14.2 Å². The van der Waals surface area contributed by atoms with E-state index in [0.717, 1.165) is 7.11 Å². The van der Waals surface area contributed by atoms with Crippen molar-refractivity contribution in [2.75, 3.05) is 7.11 Å². The number of fused-ring (bicyclic) bond motifs is 1. The second-order valence-electron chi connectivity index (χ2n) is 5.65. The Morgan fingerprint density at radius 3 is 2.71 bits per heavy atom. The Hall–Kier alpha value is -1.50. The summed E-state index contributed by atoms with van der Waals surface area (Å²) in [5, 5.41) is 6.73. The number of ether oxygens (including phenoxy) is 3. The molecule has 1 aliphatic heterocycles. The molecule has 9 nitrogen and oxygen atoms in total. The second kappa shape index (κ2) is 6.10. The number of carbonyl (C=O) groups is 3. The zero-order valence-electron chi connectivity index (χ0n) is 12.0. The van der Waals surface area contributed by atoms with Crippen molar-refractivity contribution in [1.29, 1.82) is 0 Å². The molecule has 0 aromatic rings. The molecule has 2 bridgehead atoms. The molecule has 0 aromatic heterocycles. The number of hydrogen-bond donors (Lipinski definition) is 1. The zero-order valence-corrected chi connectivity index (χ0v) is 12.9. The molecule has 0 amide bonds. The molecule has 2 aliphatic carbocycles. The van der Waals surface area contributed by atoms with Gasteiger partial charge in [0, 0.05) is 11.8 Å². The summed E-state index contributed by atoms with van der Waals surface area (Å²) in [5.41, 5.74) is 0. The maximum Gasteiger partial charge on any atom is 0.415 e. The van der Waals surface area contributed by atoms with Gasteiger partial charge in [-0.25, -0.2) is 10.1 Å². The maximum absolute atomic E-state index is 13.5. The van der Waals surface area contributed by atoms with E-state index < -0.39 is 65.2 Å². The first-order chi connectivity index (χ1) is 11.3. The fourth-order valence-corrected chi connectivity index (χ4v) is 4.12. The van der Waals surface area contributed by atoms with E-state index in [4.69, 9.17) is 14.7 Å². The first kappa shape index (κ1) is 17.3. The van der Waals surface area contributed by atoms with E-state index in [-0.39, 0.29) is 5.92 Å². The summed E-state index contributed by atoms with van der Waals surface area (Å²) in [6, 6.07) is 0. The quantitative estimate of drug-likeness (QED) is 0.233. The Bertz CT molecular complexity index is 571. The molecule has 0 spiro atoms. The molecule has 3 rings (SSSR count). The lowest BCUT2D eigenvalue weighted by Gasteiger charge is -2.30. The van der Waals surface area contributed by atoms with Crippen LogP contribution in [-0.4, -0.2) is 47.7 Å². The number of rotatable bonds is 6. The molecule has 3 fully saturated rings. The van der Waals surface area contributed by atoms with E-state index >= 15 is 0 Å². The maximum atomic E-state index is 13.5. The number of methoxy groups -OCH3 is 1. The first-order valence-electron chi connectivity index (χ1n) is 6.85. The minimum atomic E-state index is -4.17. The third kappa shape index (κ3) is 2.53. The standard InChI is InChI=1S/C12H12F2O9S/c1-19-9(15)5-3-2-4-6(5)10(16)20-7(4)8(3)21-11(17)12(13,14)24-23-22-18/h3-8,18H,2H2,1H3. The molecule has 1 N–H and O–H groups in total. The molecule has 12 heteroatoms. The van der Waals surface area contributed by atoms with Gasteiger partial charge >= 0.3 is 23.2 Å². The molecule has 0 radical (unpaired) electrons. The van der Waals surface area contributed by atoms with Crippen molar-refractivity contribution in [1.82, 2.24) is 0 Å². The molecule has 6 unspecified atom stereocenters. The van der Waals surface area contributed by atoms with Crippen LogP contribution in [0.2, 0.25) is 0 Å². The average Bonchev–Trinajstić information content (AvgIpc) is 3.15. The minimum Gasteiger partial charge on any atom is -0.469 e. The summed E-state index contributed by atoms with van der Waals surface area (Å²) in [7, 11) is 1.14. The molecule has 2 saturated carbocycles. The van der Waals surface area contributed by atoms with Crippen LogP contribution in [0.25, 0.3) is 0 Å². The summed E-state index contributed by atoms with van der Waals surface area (Å²) in [6.07, 6.45) is -1.72. The summed E-state index contributed by atoms with van der Waals surface area (Å²) in [4.78, 5) is 35.5. The molecular formula is C12H12F2O9S. The van der Waals surface area contributed by atoms with E-state index in [0.29, 0.717) is 6.42 Å². The van der Waals surface area contributed by atoms with Gasteiger partial charge in [-0.3, -0.25) is 9.59 Å². The highest BCUT2D eigenvalue weighted by atomic mass is 32.2. The highest BCUT2D eigenvalue weighted by Crippen LogP contribution is 2.59. The number of alkyl halides is 2. The molecule has 6 atom stereocenters. The first-order valence-corrected chi connectivity index (χ1v) is 7.59. The Kier molecular flexibility index (Phi) is 4.40. The second-order valence-corrected chi connectivity index (χ2v) is 6.47. The summed E-state index contributed by atoms with van der Waals surface area (Å²) >= 11 is -0.758. The molecule has 134 valence electrons. The summed E-state index contributed by atoms with van der Waals surface area (Å²) in [6.45, 7) is 0. The predicted octanol–water partition coefficient (Wildman–Crippen LogP) is 0.541. The normalized spacial score (nSPS) is 36.6. The van der Waals surface area contributed by atoms with Crippen molar-refractivity contribution in [3.05, 3.63) is 0 Å². The number of hydrogen-bond acceptors (Lipinski definition) is 10. The summed E-state index contributed by atoms with van der Waals surface area (Å²) in [5.74, 6) is -5.91. The van der Waals surface area contributed by atoms with Gasteiger partial charge in [-0.05, 0) is 6.42 Å². The lowest BCUT2D eigenvalue weighted by atomic mass is 9.78. The Balaban J connectivity index is 1.76. The van der Waals surface area contributed by atoms with Crippen molar-refractivity contribution in [2.24, 2.45) is 23.7 Å². The number of esters is 3. The van der Waals surface area contributed by atoms with Crippen LogP contribution in [0.1, 0.15) is 6.42 Å². The fourth-order valence-electron chi connectivity index (χ4n) is 3.89. The van der Waals surface area contributed by atoms with E-state index in [1.54, 1.807) is 0 Å². The Labute approximate surface area is 137 Å². The highest BCUT2D eigenvalue weighted by Gasteiger charge is 2.70. The predicted molar refractivity (Wildman–Crippen MR) is 67.7 cm³/mol. The SMILES string of the molecule is COC(=O)C1C2CC3C(OC(=O)C31)C2OC(=O)C(F)(F)SOOO. The average molecular weight is 370 g/mol. The molecule has 0 aromatic carbocycles. The van der Waals surface area contributed by atoms with Crippen LogP contribution >= 0.6 is 12.0 Å². The van der Waals surface area contributed by atoms with E-state index in [1.165, 1.54) is 0 Å². The van der Waals surface area contributed by atoms with Gasteiger partial charge in [0.05, 0.1) is 18.9 Å². The molecule has 3 aliphatic rings. The molecule has 1 heterocycles. The molecule has 1 saturated heterocycles. The van der Waals surface area contributed by atoms with Crippen molar-refractivity contribution >= 4 is 30.0 Å². The third-order valence-corrected chi connectivity index (χ3v) is 5.17. The molecule has 24 heavy (non-hydrogen) atoms. The topological polar surface area (TPSA) is 118 Å². The van der Waals surface area contributed by atoms with Gasteiger partial charge in [0.1, 0.15) is 24.3 Å². The van der Waals surface area contributed by atoms with Crippen molar-refractivity contribution in [2.45, 2.75) is 23.9 Å². The molecular weight excluding hydrogens is 358 g/mol. The van der Waals surface area contributed by atoms with Gasteiger partial charge in [-0.15, -0.1) is 4.33 Å². The smallest absolute Gasteiger partial charge is 0.415 e. The van der Waals surface area contributed by atoms with E-state index in [9.17, 15) is 23.2 Å². The fraction of sp³-hybridized carbons (Fsp3) is 0.750. The van der Waals surface area contributed by atoms with Crippen LogP contribution in [0.5, 0.6) is 0 Å². The number of halogens is 2. The van der Waals surface area contributed by atoms with Crippen LogP contribution in [-0.2, 0) is 38.0 Å². The Morgan fingerprint density at radius 2 is 2.08 bits per heavy atom. The van der Waals surface area contributed by atoms with Crippen LogP contribution < -0.4 is 0 Å². The van der Waals surface area contributed by atoms with E-state index in [2.05, 4.69) is 14.1 Å². The van der Waals surface area contributed by atoms with Crippen molar-refractivity contribution < 1.29 is 52.0 Å². The largest absolute Gasteiger partial charge is 0.469 e. The van der Waals surface area contributed by atoms with Gasteiger partial charge in [0.2, 0.25) is 0 Å². The lowest BCUT2D eigenvalue weighted by Crippen LogP contribution is -2.45. The third-order valence-electron chi connectivity index (χ3n) is 4.67. The van der Waals surface area contributed by atoms with Crippen LogP contribution in [0.4, 0.5) is 8.78 Å². The number of carbonyl (C=O) groups excluding carboxylic acids is 3. The van der Waals surface area contributed by atoms with Gasteiger partial charge in [0.25, 0.3) is 0 Å². The van der Waals surface area contributed by atoms with Gasteiger partial charge in [-0.2, -0.15) is 8.78 Å². The lowest BCUT2D eigenvalue weighted by molar-refractivity contribution is -0.433. The van der Waals surface area contributed by atoms with Crippen LogP contribution in [0, 0.1) is 23.7 Å². The zero-order chi connectivity index (χ0) is 17.6. The van der Waals surface area contributed by atoms with Gasteiger partial charge in [-0.1, -0.05) is 5.04 Å². The summed E-state index contributed by atoms with van der Waals surface area (Å²) < 4.78 is 45.1. The van der Waals surface area contributed by atoms with Crippen LogP contribution in [0.3, 0.4) is 0 Å². The van der Waals surface area contributed by atoms with Crippen molar-refractivity contribution in [3.8, 4) is 0 Å². The van der Waals surface area contributed by atoms with Crippen LogP contribution in [0.15, 0.2) is 0 Å². The monoisotopic (exact) mass is 370 g/mol. The van der Waals surface area contributed by atoms with Gasteiger partial charge in [0.15, 0.2) is 0 Å².